The van der Waals surface area contributed by atoms with E-state index in [1.54, 1.807) is 11.3 Å². The van der Waals surface area contributed by atoms with Gasteiger partial charge in [0.15, 0.2) is 0 Å². The minimum atomic E-state index is -0.496. The van der Waals surface area contributed by atoms with Gasteiger partial charge in [0.05, 0.1) is 0 Å². The number of hydrogen-bond donors (Lipinski definition) is 2. The van der Waals surface area contributed by atoms with E-state index >= 15 is 0 Å². The van der Waals surface area contributed by atoms with E-state index < -0.39 is 11.7 Å². The van der Waals surface area contributed by atoms with E-state index in [2.05, 4.69) is 38.0 Å². The zero-order valence-electron chi connectivity index (χ0n) is 13.5. The molecule has 124 valence electrons. The normalized spacial score (nSPS) is 11.3. The number of thiophene rings is 1. The van der Waals surface area contributed by atoms with Gasteiger partial charge >= 0.3 is 6.09 Å². The molecule has 0 saturated carbocycles. The lowest BCUT2D eigenvalue weighted by molar-refractivity contribution is 0.0636. The predicted octanol–water partition coefficient (Wildman–Crippen LogP) is 5.15. The van der Waals surface area contributed by atoms with E-state index in [-0.39, 0.29) is 0 Å². The SMILES string of the molecule is CC(C)(C)OC(=O)Nc1ccc(CNCc2sccc2Br)cc1. The third kappa shape index (κ3) is 6.33. The molecule has 4 nitrogen and oxygen atoms in total. The van der Waals surface area contributed by atoms with Crippen molar-refractivity contribution in [2.24, 2.45) is 0 Å². The van der Waals surface area contributed by atoms with Gasteiger partial charge in [0, 0.05) is 28.1 Å². The molecule has 1 heterocycles. The molecule has 1 aromatic carbocycles. The fourth-order valence-electron chi connectivity index (χ4n) is 1.90. The smallest absolute Gasteiger partial charge is 0.412 e. The first-order valence-electron chi connectivity index (χ1n) is 7.35. The summed E-state index contributed by atoms with van der Waals surface area (Å²) >= 11 is 5.25. The molecule has 1 aromatic heterocycles. The molecule has 0 aliphatic heterocycles. The van der Waals surface area contributed by atoms with Crippen LogP contribution in [0.5, 0.6) is 0 Å². The molecule has 6 heteroatoms. The second kappa shape index (κ2) is 7.95. The molecule has 0 aliphatic rings. The first-order chi connectivity index (χ1) is 10.8. The van der Waals surface area contributed by atoms with Crippen molar-refractivity contribution in [3.8, 4) is 0 Å². The van der Waals surface area contributed by atoms with Crippen molar-refractivity contribution in [2.75, 3.05) is 5.32 Å². The average Bonchev–Trinajstić information content (AvgIpc) is 2.84. The van der Waals surface area contributed by atoms with E-state index in [1.165, 1.54) is 4.88 Å². The lowest BCUT2D eigenvalue weighted by atomic mass is 10.2. The summed E-state index contributed by atoms with van der Waals surface area (Å²) in [6.45, 7) is 7.13. The van der Waals surface area contributed by atoms with Gasteiger partial charge in [-0.2, -0.15) is 0 Å². The molecule has 0 saturated heterocycles. The van der Waals surface area contributed by atoms with E-state index in [1.807, 2.05) is 45.0 Å². The molecule has 0 fully saturated rings. The number of amides is 1. The molecule has 2 aromatic rings. The van der Waals surface area contributed by atoms with Crippen molar-refractivity contribution in [3.63, 3.8) is 0 Å². The second-order valence-electron chi connectivity index (χ2n) is 6.12. The van der Waals surface area contributed by atoms with Crippen molar-refractivity contribution in [1.82, 2.24) is 5.32 Å². The monoisotopic (exact) mass is 396 g/mol. The lowest BCUT2D eigenvalue weighted by Crippen LogP contribution is -2.27. The Morgan fingerprint density at radius 2 is 1.87 bits per heavy atom. The molecule has 0 spiro atoms. The maximum atomic E-state index is 11.7. The van der Waals surface area contributed by atoms with Crippen LogP contribution in [0.25, 0.3) is 0 Å². The van der Waals surface area contributed by atoms with Crippen molar-refractivity contribution >= 4 is 39.0 Å². The van der Waals surface area contributed by atoms with Gasteiger partial charge in [-0.05, 0) is 65.8 Å². The summed E-state index contributed by atoms with van der Waals surface area (Å²) < 4.78 is 6.37. The van der Waals surface area contributed by atoms with E-state index in [9.17, 15) is 4.79 Å². The van der Waals surface area contributed by atoms with Crippen LogP contribution < -0.4 is 10.6 Å². The van der Waals surface area contributed by atoms with Crippen LogP contribution >= 0.6 is 27.3 Å². The first-order valence-corrected chi connectivity index (χ1v) is 9.02. The van der Waals surface area contributed by atoms with Gasteiger partial charge in [0.1, 0.15) is 5.60 Å². The number of anilines is 1. The quantitative estimate of drug-likeness (QED) is 0.734. The van der Waals surface area contributed by atoms with Crippen LogP contribution in [-0.4, -0.2) is 11.7 Å². The largest absolute Gasteiger partial charge is 0.444 e. The highest BCUT2D eigenvalue weighted by atomic mass is 79.9. The molecular formula is C17H21BrN2O2S. The zero-order valence-corrected chi connectivity index (χ0v) is 15.9. The van der Waals surface area contributed by atoms with Gasteiger partial charge in [-0.1, -0.05) is 12.1 Å². The van der Waals surface area contributed by atoms with Crippen LogP contribution in [0.1, 0.15) is 31.2 Å². The van der Waals surface area contributed by atoms with Gasteiger partial charge in [-0.3, -0.25) is 5.32 Å². The van der Waals surface area contributed by atoms with E-state index in [0.29, 0.717) is 0 Å². The Labute approximate surface area is 149 Å². The van der Waals surface area contributed by atoms with Gasteiger partial charge in [-0.25, -0.2) is 4.79 Å². The highest BCUT2D eigenvalue weighted by Crippen LogP contribution is 2.22. The number of benzene rings is 1. The number of carbonyl (C=O) groups is 1. The Kier molecular flexibility index (Phi) is 6.21. The predicted molar refractivity (Wildman–Crippen MR) is 98.9 cm³/mol. The Morgan fingerprint density at radius 3 is 2.43 bits per heavy atom. The Morgan fingerprint density at radius 1 is 1.17 bits per heavy atom. The summed E-state index contributed by atoms with van der Waals surface area (Å²) in [5.41, 5.74) is 1.39. The number of halogens is 1. The molecular weight excluding hydrogens is 376 g/mol. The fraction of sp³-hybridized carbons (Fsp3) is 0.353. The molecule has 0 radical (unpaired) electrons. The molecule has 2 rings (SSSR count). The summed E-state index contributed by atoms with van der Waals surface area (Å²) in [5, 5.41) is 8.20. The van der Waals surface area contributed by atoms with Gasteiger partial charge in [0.2, 0.25) is 0 Å². The summed E-state index contributed by atoms with van der Waals surface area (Å²) in [6, 6.07) is 9.79. The second-order valence-corrected chi connectivity index (χ2v) is 7.97. The molecule has 2 N–H and O–H groups in total. The maximum absolute atomic E-state index is 11.7. The van der Waals surface area contributed by atoms with Crippen LogP contribution in [0.3, 0.4) is 0 Å². The number of rotatable bonds is 5. The molecule has 0 unspecified atom stereocenters. The molecule has 23 heavy (non-hydrogen) atoms. The van der Waals surface area contributed by atoms with Crippen molar-refractivity contribution in [3.05, 3.63) is 50.6 Å². The highest BCUT2D eigenvalue weighted by molar-refractivity contribution is 9.10. The molecule has 0 atom stereocenters. The number of ether oxygens (including phenoxy) is 1. The molecule has 0 aliphatic carbocycles. The summed E-state index contributed by atoms with van der Waals surface area (Å²) in [5.74, 6) is 0. The Hall–Kier alpha value is -1.37. The number of nitrogens with one attached hydrogen (secondary N) is 2. The third-order valence-corrected chi connectivity index (χ3v) is 4.83. The number of hydrogen-bond acceptors (Lipinski definition) is 4. The lowest BCUT2D eigenvalue weighted by Gasteiger charge is -2.19. The number of carbonyl (C=O) groups excluding carboxylic acids is 1. The standard InChI is InChI=1S/C17H21BrN2O2S/c1-17(2,3)22-16(21)20-13-6-4-12(5-7-13)10-19-11-15-14(18)8-9-23-15/h4-9,19H,10-11H2,1-3H3,(H,20,21). The van der Waals surface area contributed by atoms with Gasteiger partial charge in [-0.15, -0.1) is 11.3 Å². The van der Waals surface area contributed by atoms with E-state index in [4.69, 9.17) is 4.74 Å². The van der Waals surface area contributed by atoms with Crippen LogP contribution in [0.4, 0.5) is 10.5 Å². The minimum absolute atomic E-state index is 0.439. The Balaban J connectivity index is 1.80. The topological polar surface area (TPSA) is 50.4 Å². The van der Waals surface area contributed by atoms with Crippen LogP contribution in [0.15, 0.2) is 40.2 Å². The van der Waals surface area contributed by atoms with Gasteiger partial charge in [0.25, 0.3) is 0 Å². The fourth-order valence-corrected chi connectivity index (χ4v) is 3.36. The summed E-state index contributed by atoms with van der Waals surface area (Å²) in [4.78, 5) is 13.0. The third-order valence-electron chi connectivity index (χ3n) is 2.90. The van der Waals surface area contributed by atoms with Crippen molar-refractivity contribution in [2.45, 2.75) is 39.5 Å². The first kappa shape index (κ1) is 18.0. The van der Waals surface area contributed by atoms with Crippen LogP contribution in [0.2, 0.25) is 0 Å². The highest BCUT2D eigenvalue weighted by Gasteiger charge is 2.16. The summed E-state index contributed by atoms with van der Waals surface area (Å²) in [7, 11) is 0. The van der Waals surface area contributed by atoms with Crippen molar-refractivity contribution in [1.29, 1.82) is 0 Å². The molecule has 1 amide bonds. The summed E-state index contributed by atoms with van der Waals surface area (Å²) in [6.07, 6.45) is -0.439. The van der Waals surface area contributed by atoms with Crippen LogP contribution in [-0.2, 0) is 17.8 Å². The van der Waals surface area contributed by atoms with Crippen molar-refractivity contribution < 1.29 is 9.53 Å². The maximum Gasteiger partial charge on any atom is 0.412 e. The Bertz CT molecular complexity index is 647. The van der Waals surface area contributed by atoms with Crippen LogP contribution in [0, 0.1) is 0 Å². The zero-order chi connectivity index (χ0) is 16.9. The van der Waals surface area contributed by atoms with E-state index in [0.717, 1.165) is 28.8 Å². The average molecular weight is 397 g/mol. The molecule has 0 bridgehead atoms. The minimum Gasteiger partial charge on any atom is -0.444 e. The van der Waals surface area contributed by atoms with Gasteiger partial charge < -0.3 is 10.1 Å².